The van der Waals surface area contributed by atoms with Crippen LogP contribution in [0.1, 0.15) is 25.3 Å². The first-order valence-corrected chi connectivity index (χ1v) is 6.08. The van der Waals surface area contributed by atoms with Gasteiger partial charge in [-0.1, -0.05) is 6.92 Å². The molecule has 2 rings (SSSR count). The molecule has 6 heteroatoms. The fraction of sp³-hybridized carbons (Fsp3) is 0.308. The molecular formula is C13H15N3O3. The number of anilines is 2. The largest absolute Gasteiger partial charge is 0.351 e. The summed E-state index contributed by atoms with van der Waals surface area (Å²) < 4.78 is 0. The third kappa shape index (κ3) is 2.57. The second-order valence-corrected chi connectivity index (χ2v) is 4.39. The minimum atomic E-state index is -0.786. The number of rotatable bonds is 3. The van der Waals surface area contributed by atoms with Gasteiger partial charge in [0.05, 0.1) is 12.1 Å². The van der Waals surface area contributed by atoms with Gasteiger partial charge < -0.3 is 11.1 Å². The summed E-state index contributed by atoms with van der Waals surface area (Å²) in [5.74, 6) is -0.418. The lowest BCUT2D eigenvalue weighted by Gasteiger charge is -2.12. The topological polar surface area (TPSA) is 92.5 Å². The molecule has 3 N–H and O–H groups in total. The minimum Gasteiger partial charge on any atom is -0.351 e. The van der Waals surface area contributed by atoms with E-state index in [9.17, 15) is 14.4 Å². The number of carbonyl (C=O) groups is 3. The molecule has 1 aromatic rings. The number of carbonyl (C=O) groups excluding carboxylic acids is 3. The highest BCUT2D eigenvalue weighted by molar-refractivity contribution is 6.18. The van der Waals surface area contributed by atoms with Gasteiger partial charge in [0.2, 0.25) is 11.8 Å². The Hall–Kier alpha value is -2.37. The number of fused-ring (bicyclic) bond motifs is 1. The van der Waals surface area contributed by atoms with Crippen molar-refractivity contribution in [3.8, 4) is 0 Å². The molecular weight excluding hydrogens is 246 g/mol. The Bertz CT molecular complexity index is 554. The number of nitrogens with two attached hydrogens (primary N) is 1. The summed E-state index contributed by atoms with van der Waals surface area (Å²) in [6.45, 7) is 1.92. The summed E-state index contributed by atoms with van der Waals surface area (Å²) in [7, 11) is 0. The monoisotopic (exact) mass is 261 g/mol. The molecule has 1 aliphatic rings. The van der Waals surface area contributed by atoms with Crippen LogP contribution in [0.5, 0.6) is 0 Å². The molecule has 0 saturated heterocycles. The van der Waals surface area contributed by atoms with Gasteiger partial charge in [-0.3, -0.25) is 9.59 Å². The summed E-state index contributed by atoms with van der Waals surface area (Å²) in [4.78, 5) is 35.3. The van der Waals surface area contributed by atoms with Crippen molar-refractivity contribution in [2.75, 3.05) is 10.2 Å². The molecule has 0 radical (unpaired) electrons. The third-order valence-corrected chi connectivity index (χ3v) is 2.89. The lowest BCUT2D eigenvalue weighted by atomic mass is 10.1. The van der Waals surface area contributed by atoms with Crippen LogP contribution in [0.4, 0.5) is 16.2 Å². The van der Waals surface area contributed by atoms with Gasteiger partial charge in [-0.2, -0.15) is 0 Å². The van der Waals surface area contributed by atoms with Crippen LogP contribution in [-0.2, 0) is 16.0 Å². The van der Waals surface area contributed by atoms with E-state index >= 15 is 0 Å². The number of imide groups is 1. The van der Waals surface area contributed by atoms with Crippen molar-refractivity contribution in [3.05, 3.63) is 23.8 Å². The number of urea groups is 1. The maximum absolute atomic E-state index is 11.6. The standard InChI is InChI=1S/C13H15N3O3/c1-2-3-11(17)15-9-4-5-10-8(6-9)7-12(18)16(10)13(14)19/h4-6H,2-3,7H2,1H3,(H2,14,19)(H,15,17). The van der Waals surface area contributed by atoms with E-state index < -0.39 is 6.03 Å². The molecule has 1 aromatic carbocycles. The summed E-state index contributed by atoms with van der Waals surface area (Å²) in [5.41, 5.74) is 6.96. The number of amides is 4. The molecule has 4 amide bonds. The van der Waals surface area contributed by atoms with Crippen LogP contribution in [0.25, 0.3) is 0 Å². The van der Waals surface area contributed by atoms with Crippen molar-refractivity contribution >= 4 is 29.2 Å². The van der Waals surface area contributed by atoms with Crippen LogP contribution < -0.4 is 16.0 Å². The number of benzene rings is 1. The Balaban J connectivity index is 2.22. The van der Waals surface area contributed by atoms with Gasteiger partial charge in [-0.05, 0) is 30.2 Å². The van der Waals surface area contributed by atoms with E-state index in [1.165, 1.54) is 0 Å². The zero-order valence-electron chi connectivity index (χ0n) is 10.6. The molecule has 0 atom stereocenters. The maximum atomic E-state index is 11.6. The van der Waals surface area contributed by atoms with Gasteiger partial charge in [-0.15, -0.1) is 0 Å². The van der Waals surface area contributed by atoms with Crippen molar-refractivity contribution in [2.24, 2.45) is 5.73 Å². The van der Waals surface area contributed by atoms with Crippen LogP contribution in [0.2, 0.25) is 0 Å². The molecule has 0 unspecified atom stereocenters. The Morgan fingerprint density at radius 2 is 2.16 bits per heavy atom. The SMILES string of the molecule is CCCC(=O)Nc1ccc2c(c1)CC(=O)N2C(N)=O. The number of nitrogens with zero attached hydrogens (tertiary/aromatic N) is 1. The molecule has 0 aliphatic carbocycles. The van der Waals surface area contributed by atoms with E-state index in [1.54, 1.807) is 18.2 Å². The summed E-state index contributed by atoms with van der Waals surface area (Å²) in [6.07, 6.45) is 1.34. The van der Waals surface area contributed by atoms with E-state index in [-0.39, 0.29) is 18.2 Å². The van der Waals surface area contributed by atoms with E-state index in [4.69, 9.17) is 5.73 Å². The van der Waals surface area contributed by atoms with Crippen molar-refractivity contribution in [1.82, 2.24) is 0 Å². The Morgan fingerprint density at radius 1 is 1.42 bits per heavy atom. The van der Waals surface area contributed by atoms with Gasteiger partial charge in [0, 0.05) is 12.1 Å². The predicted octanol–water partition coefficient (Wildman–Crippen LogP) is 1.39. The fourth-order valence-corrected chi connectivity index (χ4v) is 2.09. The number of hydrogen-bond acceptors (Lipinski definition) is 3. The maximum Gasteiger partial charge on any atom is 0.326 e. The highest BCUT2D eigenvalue weighted by Gasteiger charge is 2.31. The number of hydrogen-bond donors (Lipinski definition) is 2. The van der Waals surface area contributed by atoms with Crippen molar-refractivity contribution in [3.63, 3.8) is 0 Å². The highest BCUT2D eigenvalue weighted by Crippen LogP contribution is 2.31. The van der Waals surface area contributed by atoms with Gasteiger partial charge in [0.15, 0.2) is 0 Å². The third-order valence-electron chi connectivity index (χ3n) is 2.89. The Labute approximate surface area is 110 Å². The highest BCUT2D eigenvalue weighted by atomic mass is 16.2. The minimum absolute atomic E-state index is 0.0708. The van der Waals surface area contributed by atoms with Crippen LogP contribution in [0, 0.1) is 0 Å². The Kier molecular flexibility index (Phi) is 3.50. The van der Waals surface area contributed by atoms with E-state index in [0.717, 1.165) is 11.3 Å². The van der Waals surface area contributed by atoms with Crippen LogP contribution in [0.15, 0.2) is 18.2 Å². The van der Waals surface area contributed by atoms with Crippen molar-refractivity contribution in [2.45, 2.75) is 26.2 Å². The van der Waals surface area contributed by atoms with Crippen LogP contribution >= 0.6 is 0 Å². The first-order chi connectivity index (χ1) is 9.02. The van der Waals surface area contributed by atoms with Gasteiger partial charge in [0.1, 0.15) is 0 Å². The summed E-state index contributed by atoms with van der Waals surface area (Å²) in [5, 5.41) is 2.75. The molecule has 0 saturated carbocycles. The number of nitrogens with one attached hydrogen (secondary N) is 1. The first kappa shape index (κ1) is 13.1. The lowest BCUT2D eigenvalue weighted by molar-refractivity contribution is -0.117. The quantitative estimate of drug-likeness (QED) is 0.861. The average molecular weight is 261 g/mol. The van der Waals surface area contributed by atoms with Crippen LogP contribution in [-0.4, -0.2) is 17.8 Å². The Morgan fingerprint density at radius 3 is 2.79 bits per heavy atom. The normalized spacial score (nSPS) is 13.3. The molecule has 1 aliphatic heterocycles. The average Bonchev–Trinajstić information content (AvgIpc) is 2.64. The fourth-order valence-electron chi connectivity index (χ4n) is 2.09. The molecule has 19 heavy (non-hydrogen) atoms. The molecule has 0 fully saturated rings. The zero-order valence-corrected chi connectivity index (χ0v) is 10.6. The van der Waals surface area contributed by atoms with E-state index in [0.29, 0.717) is 23.4 Å². The van der Waals surface area contributed by atoms with E-state index in [2.05, 4.69) is 5.32 Å². The van der Waals surface area contributed by atoms with Crippen LogP contribution in [0.3, 0.4) is 0 Å². The van der Waals surface area contributed by atoms with Crippen molar-refractivity contribution < 1.29 is 14.4 Å². The van der Waals surface area contributed by atoms with Gasteiger partial charge in [0.25, 0.3) is 0 Å². The van der Waals surface area contributed by atoms with E-state index in [1.807, 2.05) is 6.92 Å². The second-order valence-electron chi connectivity index (χ2n) is 4.39. The molecule has 1 heterocycles. The predicted molar refractivity (Wildman–Crippen MR) is 70.8 cm³/mol. The molecule has 0 aromatic heterocycles. The summed E-state index contributed by atoms with van der Waals surface area (Å²) >= 11 is 0. The van der Waals surface area contributed by atoms with Gasteiger partial charge >= 0.3 is 6.03 Å². The lowest BCUT2D eigenvalue weighted by Crippen LogP contribution is -2.38. The second kappa shape index (κ2) is 5.09. The number of primary amides is 1. The summed E-state index contributed by atoms with van der Waals surface area (Å²) in [6, 6.07) is 4.18. The van der Waals surface area contributed by atoms with Crippen molar-refractivity contribution in [1.29, 1.82) is 0 Å². The molecule has 0 spiro atoms. The first-order valence-electron chi connectivity index (χ1n) is 6.08. The molecule has 0 bridgehead atoms. The zero-order chi connectivity index (χ0) is 14.0. The molecule has 100 valence electrons. The molecule has 6 nitrogen and oxygen atoms in total. The van der Waals surface area contributed by atoms with Gasteiger partial charge in [-0.25, -0.2) is 9.69 Å². The smallest absolute Gasteiger partial charge is 0.326 e.